The zero-order chi connectivity index (χ0) is 12.4. The van der Waals surface area contributed by atoms with Crippen LogP contribution in [0.5, 0.6) is 5.75 Å². The normalized spacial score (nSPS) is 20.9. The van der Waals surface area contributed by atoms with Gasteiger partial charge in [0.05, 0.1) is 6.04 Å². The largest absolute Gasteiger partial charge is 0.485 e. The maximum absolute atomic E-state index is 13.5. The zero-order valence-electron chi connectivity index (χ0n) is 9.58. The quantitative estimate of drug-likeness (QED) is 0.751. The number of rotatable bonds is 1. The van der Waals surface area contributed by atoms with Crippen LogP contribution >= 0.6 is 0 Å². The third kappa shape index (κ3) is 2.09. The van der Waals surface area contributed by atoms with E-state index >= 15 is 0 Å². The van der Waals surface area contributed by atoms with Crippen molar-refractivity contribution in [1.82, 2.24) is 5.32 Å². The summed E-state index contributed by atoms with van der Waals surface area (Å²) in [5.41, 5.74) is 0.656. The summed E-state index contributed by atoms with van der Waals surface area (Å²) in [5.74, 6) is 4.33. The number of amides is 1. The van der Waals surface area contributed by atoms with Crippen molar-refractivity contribution in [3.63, 3.8) is 0 Å². The van der Waals surface area contributed by atoms with E-state index in [1.807, 2.05) is 0 Å². The Morgan fingerprint density at radius 2 is 2.29 bits per heavy atom. The van der Waals surface area contributed by atoms with E-state index < -0.39 is 5.82 Å². The molecule has 17 heavy (non-hydrogen) atoms. The summed E-state index contributed by atoms with van der Waals surface area (Å²) >= 11 is 0. The van der Waals surface area contributed by atoms with Gasteiger partial charge in [-0.15, -0.1) is 0 Å². The lowest BCUT2D eigenvalue weighted by Crippen LogP contribution is -2.32. The topological polar surface area (TPSA) is 38.3 Å². The molecule has 0 saturated carbocycles. The fraction of sp³-hybridized carbons (Fsp3) is 0.308. The Balaban J connectivity index is 2.28. The van der Waals surface area contributed by atoms with Gasteiger partial charge in [0, 0.05) is 5.56 Å². The van der Waals surface area contributed by atoms with Crippen molar-refractivity contribution in [3.8, 4) is 17.6 Å². The highest BCUT2D eigenvalue weighted by Crippen LogP contribution is 2.38. The predicted octanol–water partition coefficient (Wildman–Crippen LogP) is 1.79. The van der Waals surface area contributed by atoms with Crippen LogP contribution in [0.25, 0.3) is 0 Å². The first kappa shape index (κ1) is 11.5. The summed E-state index contributed by atoms with van der Waals surface area (Å²) in [6.07, 6.45) is -0.301. The van der Waals surface area contributed by atoms with E-state index in [1.54, 1.807) is 26.0 Å². The van der Waals surface area contributed by atoms with E-state index in [1.165, 1.54) is 6.07 Å². The van der Waals surface area contributed by atoms with E-state index in [0.29, 0.717) is 5.56 Å². The van der Waals surface area contributed by atoms with E-state index in [9.17, 15) is 9.18 Å². The molecular weight excluding hydrogens is 221 g/mol. The Bertz CT molecular complexity index is 516. The van der Waals surface area contributed by atoms with E-state index in [0.717, 1.165) is 0 Å². The molecule has 0 fully saturated rings. The summed E-state index contributed by atoms with van der Waals surface area (Å²) < 4.78 is 18.8. The maximum Gasteiger partial charge on any atom is 0.296 e. The molecule has 88 valence electrons. The van der Waals surface area contributed by atoms with Gasteiger partial charge in [0.1, 0.15) is 6.10 Å². The van der Waals surface area contributed by atoms with Crippen LogP contribution in [-0.4, -0.2) is 12.0 Å². The highest BCUT2D eigenvalue weighted by Gasteiger charge is 2.33. The van der Waals surface area contributed by atoms with E-state index in [2.05, 4.69) is 17.2 Å². The van der Waals surface area contributed by atoms with Gasteiger partial charge in [0.15, 0.2) is 11.6 Å². The first-order valence-electron chi connectivity index (χ1n) is 5.31. The molecule has 0 radical (unpaired) electrons. The summed E-state index contributed by atoms with van der Waals surface area (Å²) in [7, 11) is 0. The summed E-state index contributed by atoms with van der Waals surface area (Å²) in [6, 6.07) is 4.32. The number of ether oxygens (including phenoxy) is 1. The number of carbonyl (C=O) groups excluding carboxylic acids is 1. The Hall–Kier alpha value is -2.02. The molecule has 0 bridgehead atoms. The Morgan fingerprint density at radius 1 is 1.53 bits per heavy atom. The van der Waals surface area contributed by atoms with Crippen molar-refractivity contribution in [2.75, 3.05) is 0 Å². The van der Waals surface area contributed by atoms with E-state index in [4.69, 9.17) is 4.74 Å². The van der Waals surface area contributed by atoms with Crippen LogP contribution in [0.1, 0.15) is 25.5 Å². The summed E-state index contributed by atoms with van der Waals surface area (Å²) in [4.78, 5) is 11.4. The van der Waals surface area contributed by atoms with Crippen molar-refractivity contribution in [2.45, 2.75) is 26.0 Å². The second-order valence-electron chi connectivity index (χ2n) is 3.81. The van der Waals surface area contributed by atoms with Gasteiger partial charge in [-0.2, -0.15) is 0 Å². The fourth-order valence-corrected chi connectivity index (χ4v) is 1.89. The van der Waals surface area contributed by atoms with Crippen LogP contribution in [0.4, 0.5) is 4.39 Å². The highest BCUT2D eigenvalue weighted by molar-refractivity contribution is 5.93. The molecule has 0 spiro atoms. The van der Waals surface area contributed by atoms with Crippen LogP contribution < -0.4 is 10.1 Å². The molecule has 3 nitrogen and oxygen atoms in total. The SMILES string of the molecule is CC#CC(=O)NC1c2cccc(F)c2OC1C. The van der Waals surface area contributed by atoms with Gasteiger partial charge in [-0.1, -0.05) is 18.1 Å². The molecule has 2 rings (SSSR count). The summed E-state index contributed by atoms with van der Waals surface area (Å²) in [6.45, 7) is 3.37. The number of halogens is 1. The van der Waals surface area contributed by atoms with E-state index in [-0.39, 0.29) is 23.8 Å². The minimum Gasteiger partial charge on any atom is -0.485 e. The molecule has 1 aliphatic rings. The Labute approximate surface area is 99.0 Å². The lowest BCUT2D eigenvalue weighted by atomic mass is 10.0. The van der Waals surface area contributed by atoms with Crippen molar-refractivity contribution < 1.29 is 13.9 Å². The predicted molar refractivity (Wildman–Crippen MR) is 60.8 cm³/mol. The minimum atomic E-state index is -0.410. The highest BCUT2D eigenvalue weighted by atomic mass is 19.1. The number of benzene rings is 1. The lowest BCUT2D eigenvalue weighted by molar-refractivity contribution is -0.116. The molecule has 1 aromatic rings. The third-order valence-corrected chi connectivity index (χ3v) is 2.63. The average Bonchev–Trinajstić information content (AvgIpc) is 2.58. The molecule has 1 aromatic carbocycles. The number of hydrogen-bond donors (Lipinski definition) is 1. The molecule has 2 atom stereocenters. The van der Waals surface area contributed by atoms with Crippen LogP contribution in [0.15, 0.2) is 18.2 Å². The van der Waals surface area contributed by atoms with Gasteiger partial charge in [-0.25, -0.2) is 4.39 Å². The van der Waals surface area contributed by atoms with Gasteiger partial charge >= 0.3 is 0 Å². The number of hydrogen-bond acceptors (Lipinski definition) is 2. The van der Waals surface area contributed by atoms with Gasteiger partial charge in [0.2, 0.25) is 0 Å². The molecule has 0 aromatic heterocycles. The third-order valence-electron chi connectivity index (χ3n) is 2.63. The molecule has 1 aliphatic heterocycles. The smallest absolute Gasteiger partial charge is 0.296 e. The van der Waals surface area contributed by atoms with Crippen LogP contribution in [0.3, 0.4) is 0 Å². The molecule has 0 saturated heterocycles. The zero-order valence-corrected chi connectivity index (χ0v) is 9.58. The monoisotopic (exact) mass is 233 g/mol. The van der Waals surface area contributed by atoms with Gasteiger partial charge in [0.25, 0.3) is 5.91 Å². The van der Waals surface area contributed by atoms with Crippen molar-refractivity contribution in [1.29, 1.82) is 0 Å². The van der Waals surface area contributed by atoms with Crippen LogP contribution in [-0.2, 0) is 4.79 Å². The van der Waals surface area contributed by atoms with Crippen molar-refractivity contribution in [2.24, 2.45) is 0 Å². The van der Waals surface area contributed by atoms with Crippen LogP contribution in [0.2, 0.25) is 0 Å². The molecular formula is C13H12FNO2. The van der Waals surface area contributed by atoms with Gasteiger partial charge in [-0.05, 0) is 25.8 Å². The number of carbonyl (C=O) groups is 1. The Kier molecular flexibility index (Phi) is 3.01. The fourth-order valence-electron chi connectivity index (χ4n) is 1.89. The van der Waals surface area contributed by atoms with Crippen molar-refractivity contribution in [3.05, 3.63) is 29.6 Å². The Morgan fingerprint density at radius 3 is 3.00 bits per heavy atom. The second kappa shape index (κ2) is 4.46. The molecule has 2 unspecified atom stereocenters. The molecule has 0 aliphatic carbocycles. The molecule has 4 heteroatoms. The first-order chi connectivity index (χ1) is 8.13. The standard InChI is InChI=1S/C13H12FNO2/c1-3-5-11(16)15-12-8(2)17-13-9(12)6-4-7-10(13)14/h4,6-8,12H,1-2H3,(H,15,16). The number of fused-ring (bicyclic) bond motifs is 1. The maximum atomic E-state index is 13.5. The number of para-hydroxylation sites is 1. The lowest BCUT2D eigenvalue weighted by Gasteiger charge is -2.14. The minimum absolute atomic E-state index is 0.217. The number of nitrogens with one attached hydrogen (secondary N) is 1. The average molecular weight is 233 g/mol. The first-order valence-corrected chi connectivity index (χ1v) is 5.31. The van der Waals surface area contributed by atoms with Crippen LogP contribution in [0, 0.1) is 17.7 Å². The van der Waals surface area contributed by atoms with Crippen molar-refractivity contribution >= 4 is 5.91 Å². The molecule has 1 amide bonds. The summed E-state index contributed by atoms with van der Waals surface area (Å²) in [5, 5.41) is 2.71. The second-order valence-corrected chi connectivity index (χ2v) is 3.81. The van der Waals surface area contributed by atoms with Gasteiger partial charge < -0.3 is 10.1 Å². The molecule has 1 heterocycles. The molecule has 1 N–H and O–H groups in total. The van der Waals surface area contributed by atoms with Gasteiger partial charge in [-0.3, -0.25) is 4.79 Å².